The summed E-state index contributed by atoms with van der Waals surface area (Å²) in [7, 11) is 0. The van der Waals surface area contributed by atoms with Crippen LogP contribution >= 0.6 is 86.4 Å². The SMILES string of the molecule is CCN=CC(=NN)C(O)c1sc(Br)nc1Br.CCN=CC(Cc1sc(Br)nc1Br)=NN. The molecule has 0 saturated carbocycles. The van der Waals surface area contributed by atoms with E-state index in [4.69, 9.17) is 11.7 Å². The first-order valence-electron chi connectivity index (χ1n) is 8.61. The Morgan fingerprint density at radius 1 is 0.968 bits per heavy atom. The van der Waals surface area contributed by atoms with Gasteiger partial charge < -0.3 is 16.8 Å². The number of hydrogen-bond donors (Lipinski definition) is 3. The molecule has 0 aliphatic carbocycles. The summed E-state index contributed by atoms with van der Waals surface area (Å²) in [5.41, 5.74) is 1.05. The average Bonchev–Trinajstić information content (AvgIpc) is 3.25. The van der Waals surface area contributed by atoms with Crippen LogP contribution in [0.5, 0.6) is 0 Å². The van der Waals surface area contributed by atoms with Crippen molar-refractivity contribution in [3.05, 3.63) is 26.8 Å². The molecule has 1 atom stereocenters. The average molecular weight is 724 g/mol. The van der Waals surface area contributed by atoms with Gasteiger partial charge in [0.05, 0.1) is 10.6 Å². The Bertz CT molecular complexity index is 958. The van der Waals surface area contributed by atoms with Crippen molar-refractivity contribution in [3.63, 3.8) is 0 Å². The summed E-state index contributed by atoms with van der Waals surface area (Å²) >= 11 is 16.0. The van der Waals surface area contributed by atoms with E-state index in [9.17, 15) is 5.11 Å². The van der Waals surface area contributed by atoms with Gasteiger partial charge in [-0.05, 0) is 77.6 Å². The van der Waals surface area contributed by atoms with Crippen LogP contribution in [0.3, 0.4) is 0 Å². The molecule has 2 heterocycles. The van der Waals surface area contributed by atoms with E-state index < -0.39 is 6.10 Å². The lowest BCUT2D eigenvalue weighted by atomic mass is 10.2. The van der Waals surface area contributed by atoms with E-state index in [1.807, 2.05) is 13.8 Å². The van der Waals surface area contributed by atoms with Gasteiger partial charge in [-0.3, -0.25) is 9.98 Å². The van der Waals surface area contributed by atoms with Gasteiger partial charge in [0.2, 0.25) is 0 Å². The molecule has 0 aliphatic heterocycles. The number of hydrazone groups is 2. The van der Waals surface area contributed by atoms with Gasteiger partial charge in [0.1, 0.15) is 21.0 Å². The van der Waals surface area contributed by atoms with Crippen molar-refractivity contribution >= 4 is 110 Å². The fourth-order valence-corrected chi connectivity index (χ4v) is 6.59. The number of hydrogen-bond acceptors (Lipinski definition) is 11. The lowest BCUT2D eigenvalue weighted by Crippen LogP contribution is -2.15. The second-order valence-corrected chi connectivity index (χ2v) is 11.5. The molecule has 15 heteroatoms. The second-order valence-electron chi connectivity index (χ2n) is 5.31. The molecule has 2 rings (SSSR count). The lowest BCUT2D eigenvalue weighted by Gasteiger charge is -2.07. The topological polar surface area (TPSA) is 147 Å². The van der Waals surface area contributed by atoms with E-state index in [1.165, 1.54) is 17.6 Å². The molecule has 0 saturated heterocycles. The molecule has 170 valence electrons. The quantitative estimate of drug-likeness (QED) is 0.205. The van der Waals surface area contributed by atoms with E-state index in [2.05, 4.69) is 93.9 Å². The normalized spacial score (nSPS) is 13.6. The van der Waals surface area contributed by atoms with Crippen molar-refractivity contribution in [2.45, 2.75) is 26.4 Å². The van der Waals surface area contributed by atoms with Crippen molar-refractivity contribution in [1.29, 1.82) is 0 Å². The van der Waals surface area contributed by atoms with Crippen LogP contribution in [0.1, 0.15) is 29.7 Å². The first-order valence-corrected chi connectivity index (χ1v) is 13.4. The maximum atomic E-state index is 10.0. The minimum Gasteiger partial charge on any atom is -0.381 e. The fraction of sp³-hybridized carbons (Fsp3) is 0.375. The van der Waals surface area contributed by atoms with E-state index in [1.54, 1.807) is 17.6 Å². The van der Waals surface area contributed by atoms with E-state index >= 15 is 0 Å². The highest BCUT2D eigenvalue weighted by atomic mass is 79.9. The van der Waals surface area contributed by atoms with Gasteiger partial charge in [0, 0.05) is 36.8 Å². The van der Waals surface area contributed by atoms with Crippen molar-refractivity contribution in [3.8, 4) is 0 Å². The van der Waals surface area contributed by atoms with Crippen LogP contribution in [-0.2, 0) is 6.42 Å². The summed E-state index contributed by atoms with van der Waals surface area (Å²) in [5.74, 6) is 10.5. The van der Waals surface area contributed by atoms with E-state index in [0.29, 0.717) is 32.1 Å². The molecule has 31 heavy (non-hydrogen) atoms. The predicted molar refractivity (Wildman–Crippen MR) is 145 cm³/mol. The monoisotopic (exact) mass is 720 g/mol. The molecule has 0 amide bonds. The Morgan fingerprint density at radius 2 is 1.55 bits per heavy atom. The van der Waals surface area contributed by atoms with Gasteiger partial charge in [-0.15, -0.1) is 22.7 Å². The maximum absolute atomic E-state index is 10.0. The zero-order valence-corrected chi connectivity index (χ0v) is 24.4. The fourth-order valence-electron chi connectivity index (χ4n) is 1.85. The molecule has 5 N–H and O–H groups in total. The summed E-state index contributed by atoms with van der Waals surface area (Å²) in [5, 5.41) is 17.2. The number of aliphatic hydroxyl groups excluding tert-OH is 1. The standard InChI is InChI=1S/C8H10Br2N4OS.C8H10Br2N4S/c1-2-12-3-4(14-11)5(15)6-7(9)13-8(10)16-6;1-2-12-4-5(14-11)3-6-7(9)13-8(10)15-6/h3,5,15H,2,11H2,1H3;4H,2-3,11H2,1H3. The predicted octanol–water partition coefficient (Wildman–Crippen LogP) is 4.72. The van der Waals surface area contributed by atoms with Gasteiger partial charge in [0.15, 0.2) is 7.83 Å². The number of halogens is 4. The van der Waals surface area contributed by atoms with Crippen LogP contribution in [0, 0.1) is 0 Å². The first-order chi connectivity index (χ1) is 14.8. The third-order valence-corrected chi connectivity index (χ3v) is 8.07. The van der Waals surface area contributed by atoms with Gasteiger partial charge in [-0.25, -0.2) is 9.97 Å². The largest absolute Gasteiger partial charge is 0.381 e. The van der Waals surface area contributed by atoms with Crippen LogP contribution in [0.15, 0.2) is 37.2 Å². The molecule has 9 nitrogen and oxygen atoms in total. The van der Waals surface area contributed by atoms with Crippen molar-refractivity contribution < 1.29 is 5.11 Å². The van der Waals surface area contributed by atoms with Crippen LogP contribution in [0.2, 0.25) is 0 Å². The summed E-state index contributed by atoms with van der Waals surface area (Å²) in [6, 6.07) is 0. The van der Waals surface area contributed by atoms with Crippen LogP contribution in [0.4, 0.5) is 0 Å². The summed E-state index contributed by atoms with van der Waals surface area (Å²) < 4.78 is 2.92. The van der Waals surface area contributed by atoms with Crippen molar-refractivity contribution in [2.24, 2.45) is 31.9 Å². The van der Waals surface area contributed by atoms with Crippen LogP contribution in [0.25, 0.3) is 0 Å². The first kappa shape index (κ1) is 28.5. The van der Waals surface area contributed by atoms with Gasteiger partial charge in [-0.2, -0.15) is 10.2 Å². The molecule has 2 aromatic heterocycles. The maximum Gasteiger partial charge on any atom is 0.160 e. The summed E-state index contributed by atoms with van der Waals surface area (Å²) in [4.78, 5) is 18.1. The second kappa shape index (κ2) is 15.3. The Labute approximate surface area is 221 Å². The smallest absolute Gasteiger partial charge is 0.160 e. The Balaban J connectivity index is 0.000000311. The molecule has 0 radical (unpaired) electrons. The van der Waals surface area contributed by atoms with Gasteiger partial charge in [0.25, 0.3) is 0 Å². The number of aromatic nitrogens is 2. The van der Waals surface area contributed by atoms with Crippen LogP contribution < -0.4 is 11.7 Å². The molecule has 0 aromatic carbocycles. The molecule has 2 aromatic rings. The Hall–Kier alpha value is -0.580. The molecule has 0 bridgehead atoms. The Kier molecular flexibility index (Phi) is 14.0. The number of aliphatic imine (C=N–C) groups is 2. The highest BCUT2D eigenvalue weighted by molar-refractivity contribution is 9.11. The third kappa shape index (κ3) is 9.84. The summed E-state index contributed by atoms with van der Waals surface area (Å²) in [6.45, 7) is 5.19. The van der Waals surface area contributed by atoms with Gasteiger partial charge >= 0.3 is 0 Å². The third-order valence-electron chi connectivity index (χ3n) is 3.22. The Morgan fingerprint density at radius 3 is 2.00 bits per heavy atom. The van der Waals surface area contributed by atoms with Crippen molar-refractivity contribution in [2.75, 3.05) is 13.1 Å². The zero-order valence-electron chi connectivity index (χ0n) is 16.5. The minimum absolute atomic E-state index is 0.304. The molecule has 0 fully saturated rings. The molecule has 0 spiro atoms. The van der Waals surface area contributed by atoms with E-state index in [-0.39, 0.29) is 0 Å². The van der Waals surface area contributed by atoms with E-state index in [0.717, 1.165) is 25.7 Å². The highest BCUT2D eigenvalue weighted by Gasteiger charge is 2.20. The highest BCUT2D eigenvalue weighted by Crippen LogP contribution is 2.32. The molecular weight excluding hydrogens is 704 g/mol. The van der Waals surface area contributed by atoms with Gasteiger partial charge in [-0.1, -0.05) is 0 Å². The minimum atomic E-state index is -0.918. The lowest BCUT2D eigenvalue weighted by molar-refractivity contribution is 0.252. The number of rotatable bonds is 8. The van der Waals surface area contributed by atoms with Crippen molar-refractivity contribution in [1.82, 2.24) is 9.97 Å². The number of nitrogens with zero attached hydrogens (tertiary/aromatic N) is 6. The zero-order chi connectivity index (χ0) is 23.4. The van der Waals surface area contributed by atoms with Crippen LogP contribution in [-0.4, -0.2) is 52.0 Å². The molecular formula is C16H20Br4N8OS2. The number of nitrogens with two attached hydrogens (primary N) is 2. The molecule has 0 aliphatic rings. The molecule has 1 unspecified atom stereocenters. The summed E-state index contributed by atoms with van der Waals surface area (Å²) in [6.07, 6.45) is 2.88. The number of aliphatic hydroxyl groups is 1. The number of thiazole rings is 2.